The number of carbonyl (C=O) groups is 1. The summed E-state index contributed by atoms with van der Waals surface area (Å²) in [6.07, 6.45) is 0.896. The molecule has 0 bridgehead atoms. The molecule has 0 aliphatic carbocycles. The number of hydrogen-bond donors (Lipinski definition) is 2. The van der Waals surface area contributed by atoms with Crippen molar-refractivity contribution in [1.29, 1.82) is 0 Å². The zero-order chi connectivity index (χ0) is 13.9. The lowest BCUT2D eigenvalue weighted by Crippen LogP contribution is -2.40. The van der Waals surface area contributed by atoms with E-state index >= 15 is 0 Å². The highest BCUT2D eigenvalue weighted by atomic mass is 79.9. The molecule has 1 aromatic carbocycles. The van der Waals surface area contributed by atoms with Crippen LogP contribution in [-0.4, -0.2) is 11.9 Å². The molecular weight excluding hydrogens is 292 g/mol. The van der Waals surface area contributed by atoms with Crippen molar-refractivity contribution in [3.63, 3.8) is 0 Å². The standard InChI is InChI=1S/C14H21BrN2O/c1-5-8(2)12(16)14(18)17-13-9(3)6-11(15)7-10(13)4/h6-8,12H,5,16H2,1-4H3,(H,17,18)/t8?,12-/m0/s1. The van der Waals surface area contributed by atoms with Crippen LogP contribution in [-0.2, 0) is 4.79 Å². The molecule has 3 nitrogen and oxygen atoms in total. The molecule has 1 aromatic rings. The Morgan fingerprint density at radius 2 is 1.89 bits per heavy atom. The zero-order valence-corrected chi connectivity index (χ0v) is 13.0. The maximum Gasteiger partial charge on any atom is 0.241 e. The van der Waals surface area contributed by atoms with Crippen molar-refractivity contribution in [2.45, 2.75) is 40.2 Å². The lowest BCUT2D eigenvalue weighted by molar-refractivity contribution is -0.118. The van der Waals surface area contributed by atoms with E-state index in [4.69, 9.17) is 5.73 Å². The first kappa shape index (κ1) is 15.2. The van der Waals surface area contributed by atoms with E-state index in [1.54, 1.807) is 0 Å². The predicted molar refractivity (Wildman–Crippen MR) is 79.7 cm³/mol. The van der Waals surface area contributed by atoms with E-state index in [0.29, 0.717) is 0 Å². The second-order valence-electron chi connectivity index (χ2n) is 4.82. The van der Waals surface area contributed by atoms with Gasteiger partial charge in [0, 0.05) is 10.2 Å². The molecule has 0 saturated heterocycles. The maximum atomic E-state index is 12.1. The third-order valence-corrected chi connectivity index (χ3v) is 3.76. The van der Waals surface area contributed by atoms with Crippen molar-refractivity contribution in [3.8, 4) is 0 Å². The van der Waals surface area contributed by atoms with Gasteiger partial charge in [-0.1, -0.05) is 36.2 Å². The van der Waals surface area contributed by atoms with Crippen molar-refractivity contribution >= 4 is 27.5 Å². The van der Waals surface area contributed by atoms with Gasteiger partial charge in [-0.2, -0.15) is 0 Å². The molecule has 2 atom stereocenters. The number of nitrogens with one attached hydrogen (secondary N) is 1. The minimum absolute atomic E-state index is 0.113. The Morgan fingerprint density at radius 3 is 2.33 bits per heavy atom. The Labute approximate surface area is 117 Å². The summed E-state index contributed by atoms with van der Waals surface area (Å²) in [6, 6.07) is 3.51. The SMILES string of the molecule is CCC(C)[C@H](N)C(=O)Nc1c(C)cc(Br)cc1C. The van der Waals surface area contributed by atoms with Crippen LogP contribution in [0.4, 0.5) is 5.69 Å². The van der Waals surface area contributed by atoms with Gasteiger partial charge in [-0.25, -0.2) is 0 Å². The van der Waals surface area contributed by atoms with Gasteiger partial charge in [0.2, 0.25) is 5.91 Å². The first-order chi connectivity index (χ1) is 8.36. The van der Waals surface area contributed by atoms with Crippen LogP contribution in [0.3, 0.4) is 0 Å². The molecule has 1 amide bonds. The molecule has 0 fully saturated rings. The van der Waals surface area contributed by atoms with Crippen molar-refractivity contribution in [1.82, 2.24) is 0 Å². The van der Waals surface area contributed by atoms with Crippen LogP contribution in [0.2, 0.25) is 0 Å². The van der Waals surface area contributed by atoms with Gasteiger partial charge in [0.05, 0.1) is 6.04 Å². The monoisotopic (exact) mass is 312 g/mol. The van der Waals surface area contributed by atoms with E-state index in [2.05, 4.69) is 21.2 Å². The van der Waals surface area contributed by atoms with Gasteiger partial charge in [-0.05, 0) is 43.0 Å². The molecule has 1 rings (SSSR count). The molecule has 0 aliphatic heterocycles. The first-order valence-corrected chi connectivity index (χ1v) is 6.99. The third kappa shape index (κ3) is 3.56. The molecule has 4 heteroatoms. The topological polar surface area (TPSA) is 55.1 Å². The molecule has 0 aromatic heterocycles. The number of nitrogens with two attached hydrogens (primary N) is 1. The Morgan fingerprint density at radius 1 is 1.39 bits per heavy atom. The molecule has 0 radical (unpaired) electrons. The van der Waals surface area contributed by atoms with Crippen LogP contribution in [0, 0.1) is 19.8 Å². The lowest BCUT2D eigenvalue weighted by Gasteiger charge is -2.19. The van der Waals surface area contributed by atoms with Gasteiger partial charge in [0.1, 0.15) is 0 Å². The molecule has 0 spiro atoms. The van der Waals surface area contributed by atoms with E-state index in [-0.39, 0.29) is 11.8 Å². The number of halogens is 1. The van der Waals surface area contributed by atoms with Crippen molar-refractivity contribution in [3.05, 3.63) is 27.7 Å². The van der Waals surface area contributed by atoms with Gasteiger partial charge in [0.15, 0.2) is 0 Å². The van der Waals surface area contributed by atoms with Crippen LogP contribution >= 0.6 is 15.9 Å². The molecule has 18 heavy (non-hydrogen) atoms. The predicted octanol–water partition coefficient (Wildman–Crippen LogP) is 3.38. The number of carbonyl (C=O) groups excluding carboxylic acids is 1. The van der Waals surface area contributed by atoms with E-state index in [1.165, 1.54) is 0 Å². The van der Waals surface area contributed by atoms with E-state index < -0.39 is 6.04 Å². The summed E-state index contributed by atoms with van der Waals surface area (Å²) in [4.78, 5) is 12.1. The number of anilines is 1. The normalized spacial score (nSPS) is 14.1. The van der Waals surface area contributed by atoms with Crippen molar-refractivity contribution < 1.29 is 4.79 Å². The summed E-state index contributed by atoms with van der Waals surface area (Å²) in [5.74, 6) is 0.0685. The first-order valence-electron chi connectivity index (χ1n) is 6.20. The minimum atomic E-state index is -0.461. The average molecular weight is 313 g/mol. The Bertz CT molecular complexity index is 422. The van der Waals surface area contributed by atoms with Crippen LogP contribution in [0.25, 0.3) is 0 Å². The van der Waals surface area contributed by atoms with Gasteiger partial charge in [-0.15, -0.1) is 0 Å². The number of benzene rings is 1. The van der Waals surface area contributed by atoms with Gasteiger partial charge < -0.3 is 11.1 Å². The molecule has 0 aliphatic rings. The largest absolute Gasteiger partial charge is 0.324 e. The fourth-order valence-electron chi connectivity index (χ4n) is 1.83. The number of hydrogen-bond acceptors (Lipinski definition) is 2. The highest BCUT2D eigenvalue weighted by Crippen LogP contribution is 2.25. The number of rotatable bonds is 4. The highest BCUT2D eigenvalue weighted by Gasteiger charge is 2.20. The second-order valence-corrected chi connectivity index (χ2v) is 5.73. The lowest BCUT2D eigenvalue weighted by atomic mass is 9.99. The Hall–Kier alpha value is -0.870. The second kappa shape index (κ2) is 6.34. The minimum Gasteiger partial charge on any atom is -0.324 e. The van der Waals surface area contributed by atoms with Crippen LogP contribution in [0.1, 0.15) is 31.4 Å². The molecule has 0 heterocycles. The van der Waals surface area contributed by atoms with Gasteiger partial charge >= 0.3 is 0 Å². The van der Waals surface area contributed by atoms with E-state index in [1.807, 2.05) is 39.8 Å². The summed E-state index contributed by atoms with van der Waals surface area (Å²) in [5, 5.41) is 2.94. The number of amides is 1. The number of aryl methyl sites for hydroxylation is 2. The molecule has 0 saturated carbocycles. The van der Waals surface area contributed by atoms with Gasteiger partial charge in [-0.3, -0.25) is 4.79 Å². The summed E-state index contributed by atoms with van der Waals surface area (Å²) >= 11 is 3.44. The van der Waals surface area contributed by atoms with Gasteiger partial charge in [0.25, 0.3) is 0 Å². The fraction of sp³-hybridized carbons (Fsp3) is 0.500. The summed E-state index contributed by atoms with van der Waals surface area (Å²) in [5.41, 5.74) is 8.86. The van der Waals surface area contributed by atoms with Crippen LogP contribution in [0.15, 0.2) is 16.6 Å². The Kier molecular flexibility index (Phi) is 5.35. The highest BCUT2D eigenvalue weighted by molar-refractivity contribution is 9.10. The van der Waals surface area contributed by atoms with Crippen molar-refractivity contribution in [2.75, 3.05) is 5.32 Å². The fourth-order valence-corrected chi connectivity index (χ4v) is 2.51. The molecule has 100 valence electrons. The average Bonchev–Trinajstić information content (AvgIpc) is 2.31. The summed E-state index contributed by atoms with van der Waals surface area (Å²) in [6.45, 7) is 7.98. The van der Waals surface area contributed by atoms with Crippen LogP contribution < -0.4 is 11.1 Å². The summed E-state index contributed by atoms with van der Waals surface area (Å²) in [7, 11) is 0. The maximum absolute atomic E-state index is 12.1. The van der Waals surface area contributed by atoms with Crippen LogP contribution in [0.5, 0.6) is 0 Å². The Balaban J connectivity index is 2.89. The van der Waals surface area contributed by atoms with E-state index in [0.717, 1.165) is 27.7 Å². The zero-order valence-electron chi connectivity index (χ0n) is 11.4. The summed E-state index contributed by atoms with van der Waals surface area (Å²) < 4.78 is 1.02. The van der Waals surface area contributed by atoms with E-state index in [9.17, 15) is 4.79 Å². The molecular formula is C14H21BrN2O. The molecule has 1 unspecified atom stereocenters. The smallest absolute Gasteiger partial charge is 0.241 e. The quantitative estimate of drug-likeness (QED) is 0.895. The van der Waals surface area contributed by atoms with Crippen molar-refractivity contribution in [2.24, 2.45) is 11.7 Å². The third-order valence-electron chi connectivity index (χ3n) is 3.31. The molecule has 3 N–H and O–H groups in total.